The number of nitrogens with zero attached hydrogens (tertiary/aromatic N) is 2. The number of para-hydroxylation sites is 1. The van der Waals surface area contributed by atoms with Gasteiger partial charge in [0.1, 0.15) is 5.76 Å². The molecule has 28 heavy (non-hydrogen) atoms. The SMILES string of the molecule is Cc1cccc(C)c1NC(=O)CN1CCN(C(=O)/C=C/c2ccc(I)o2)CC1. The third kappa shape index (κ3) is 5.45. The fourth-order valence-corrected chi connectivity index (χ4v) is 3.63. The molecule has 0 atom stereocenters. The van der Waals surface area contributed by atoms with Crippen molar-refractivity contribution in [1.82, 2.24) is 9.80 Å². The molecule has 0 saturated carbocycles. The number of anilines is 1. The first-order chi connectivity index (χ1) is 13.4. The number of piperazine rings is 1. The largest absolute Gasteiger partial charge is 0.451 e. The molecule has 1 N–H and O–H groups in total. The van der Waals surface area contributed by atoms with Gasteiger partial charge in [0, 0.05) is 37.9 Å². The number of rotatable bonds is 5. The van der Waals surface area contributed by atoms with Gasteiger partial charge in [-0.05, 0) is 65.8 Å². The van der Waals surface area contributed by atoms with Crippen molar-refractivity contribution in [3.8, 4) is 0 Å². The van der Waals surface area contributed by atoms with E-state index in [1.165, 1.54) is 6.08 Å². The van der Waals surface area contributed by atoms with Crippen molar-refractivity contribution in [2.24, 2.45) is 0 Å². The first-order valence-electron chi connectivity index (χ1n) is 9.23. The quantitative estimate of drug-likeness (QED) is 0.513. The van der Waals surface area contributed by atoms with Crippen molar-refractivity contribution in [1.29, 1.82) is 0 Å². The molecule has 1 aromatic carbocycles. The Kier molecular flexibility index (Phi) is 6.90. The number of benzene rings is 1. The Morgan fingerprint density at radius 1 is 1.11 bits per heavy atom. The molecule has 2 heterocycles. The maximum absolute atomic E-state index is 12.4. The molecule has 2 amide bonds. The standard InChI is InChI=1S/C21H24IN3O3/c1-15-4-3-5-16(2)21(15)23-19(26)14-24-10-12-25(13-11-24)20(27)9-7-17-6-8-18(22)28-17/h3-9H,10-14H2,1-2H3,(H,23,26)/b9-7+. The Labute approximate surface area is 178 Å². The van der Waals surface area contributed by atoms with E-state index in [2.05, 4.69) is 32.8 Å². The maximum Gasteiger partial charge on any atom is 0.246 e. The highest BCUT2D eigenvalue weighted by Crippen LogP contribution is 2.19. The number of nitrogens with one attached hydrogen (secondary N) is 1. The van der Waals surface area contributed by atoms with Gasteiger partial charge in [-0.25, -0.2) is 0 Å². The predicted octanol–water partition coefficient (Wildman–Crippen LogP) is 3.30. The average molecular weight is 493 g/mol. The normalized spacial score (nSPS) is 15.2. The molecule has 1 saturated heterocycles. The van der Waals surface area contributed by atoms with E-state index >= 15 is 0 Å². The van der Waals surface area contributed by atoms with Crippen LogP contribution in [-0.2, 0) is 9.59 Å². The minimum atomic E-state index is -0.0361. The first-order valence-corrected chi connectivity index (χ1v) is 10.3. The van der Waals surface area contributed by atoms with Crippen LogP contribution in [0.25, 0.3) is 6.08 Å². The molecule has 0 unspecified atom stereocenters. The zero-order valence-electron chi connectivity index (χ0n) is 16.1. The Morgan fingerprint density at radius 2 is 1.79 bits per heavy atom. The Bertz CT molecular complexity index is 863. The number of carbonyl (C=O) groups is 2. The van der Waals surface area contributed by atoms with Crippen LogP contribution in [0.2, 0.25) is 0 Å². The van der Waals surface area contributed by atoms with Gasteiger partial charge < -0.3 is 14.6 Å². The molecular weight excluding hydrogens is 469 g/mol. The highest BCUT2D eigenvalue weighted by molar-refractivity contribution is 14.1. The third-order valence-electron chi connectivity index (χ3n) is 4.78. The van der Waals surface area contributed by atoms with Crippen LogP contribution in [0, 0.1) is 17.6 Å². The summed E-state index contributed by atoms with van der Waals surface area (Å²) in [7, 11) is 0. The van der Waals surface area contributed by atoms with Gasteiger partial charge in [-0.2, -0.15) is 0 Å². The number of halogens is 1. The van der Waals surface area contributed by atoms with Gasteiger partial charge in [-0.15, -0.1) is 0 Å². The summed E-state index contributed by atoms with van der Waals surface area (Å²) in [5.74, 6) is 0.607. The topological polar surface area (TPSA) is 65.8 Å². The molecule has 3 rings (SSSR count). The minimum absolute atomic E-state index is 0.0236. The molecule has 1 aliphatic heterocycles. The number of furan rings is 1. The van der Waals surface area contributed by atoms with Gasteiger partial charge in [-0.1, -0.05) is 18.2 Å². The zero-order chi connectivity index (χ0) is 20.1. The van der Waals surface area contributed by atoms with Crippen LogP contribution in [0.5, 0.6) is 0 Å². The molecule has 1 aromatic heterocycles. The van der Waals surface area contributed by atoms with Crippen LogP contribution in [0.4, 0.5) is 5.69 Å². The van der Waals surface area contributed by atoms with E-state index in [0.29, 0.717) is 38.5 Å². The minimum Gasteiger partial charge on any atom is -0.451 e. The summed E-state index contributed by atoms with van der Waals surface area (Å²) in [6.07, 6.45) is 3.23. The van der Waals surface area contributed by atoms with Crippen LogP contribution in [-0.4, -0.2) is 54.3 Å². The van der Waals surface area contributed by atoms with E-state index in [1.54, 1.807) is 11.0 Å². The lowest BCUT2D eigenvalue weighted by Gasteiger charge is -2.33. The summed E-state index contributed by atoms with van der Waals surface area (Å²) >= 11 is 2.09. The number of amides is 2. The van der Waals surface area contributed by atoms with E-state index in [-0.39, 0.29) is 11.8 Å². The summed E-state index contributed by atoms with van der Waals surface area (Å²) in [5, 5.41) is 3.02. The maximum atomic E-state index is 12.4. The highest BCUT2D eigenvalue weighted by Gasteiger charge is 2.21. The fraction of sp³-hybridized carbons (Fsp3) is 0.333. The van der Waals surface area contributed by atoms with Crippen molar-refractivity contribution >= 4 is 46.2 Å². The van der Waals surface area contributed by atoms with Crippen molar-refractivity contribution in [2.75, 3.05) is 38.0 Å². The summed E-state index contributed by atoms with van der Waals surface area (Å²) in [4.78, 5) is 28.6. The van der Waals surface area contributed by atoms with Gasteiger partial charge in [0.2, 0.25) is 11.8 Å². The van der Waals surface area contributed by atoms with Gasteiger partial charge in [0.15, 0.2) is 3.77 Å². The average Bonchev–Trinajstić information content (AvgIpc) is 3.09. The lowest BCUT2D eigenvalue weighted by Crippen LogP contribution is -2.50. The van der Waals surface area contributed by atoms with E-state index in [4.69, 9.17) is 4.42 Å². The molecular formula is C21H24IN3O3. The molecule has 1 fully saturated rings. The Balaban J connectivity index is 1.46. The number of aryl methyl sites for hydroxylation is 2. The molecule has 0 aliphatic carbocycles. The summed E-state index contributed by atoms with van der Waals surface area (Å²) < 4.78 is 6.21. The lowest BCUT2D eigenvalue weighted by atomic mass is 10.1. The molecule has 0 radical (unpaired) electrons. The molecule has 6 nitrogen and oxygen atoms in total. The van der Waals surface area contributed by atoms with Gasteiger partial charge >= 0.3 is 0 Å². The number of hydrogen-bond acceptors (Lipinski definition) is 4. The fourth-order valence-electron chi connectivity index (χ4n) is 3.20. The Morgan fingerprint density at radius 3 is 2.39 bits per heavy atom. The first kappa shape index (κ1) is 20.6. The second kappa shape index (κ2) is 9.38. The zero-order valence-corrected chi connectivity index (χ0v) is 18.2. The monoisotopic (exact) mass is 493 g/mol. The number of hydrogen-bond donors (Lipinski definition) is 1. The highest BCUT2D eigenvalue weighted by atomic mass is 127. The van der Waals surface area contributed by atoms with Crippen LogP contribution in [0.3, 0.4) is 0 Å². The second-order valence-electron chi connectivity index (χ2n) is 6.89. The van der Waals surface area contributed by atoms with Crippen molar-refractivity contribution in [3.05, 3.63) is 57.1 Å². The number of carbonyl (C=O) groups excluding carboxylic acids is 2. The summed E-state index contributed by atoms with van der Waals surface area (Å²) in [6, 6.07) is 9.65. The second-order valence-corrected chi connectivity index (χ2v) is 7.95. The van der Waals surface area contributed by atoms with Crippen LogP contribution >= 0.6 is 22.6 Å². The van der Waals surface area contributed by atoms with Crippen LogP contribution in [0.15, 0.2) is 40.8 Å². The van der Waals surface area contributed by atoms with E-state index in [9.17, 15) is 9.59 Å². The van der Waals surface area contributed by atoms with Gasteiger partial charge in [0.05, 0.1) is 6.54 Å². The van der Waals surface area contributed by atoms with Crippen molar-refractivity contribution < 1.29 is 14.0 Å². The summed E-state index contributed by atoms with van der Waals surface area (Å²) in [5.41, 5.74) is 3.00. The smallest absolute Gasteiger partial charge is 0.246 e. The lowest BCUT2D eigenvalue weighted by molar-refractivity contribution is -0.127. The van der Waals surface area contributed by atoms with Crippen molar-refractivity contribution in [2.45, 2.75) is 13.8 Å². The van der Waals surface area contributed by atoms with E-state index in [1.807, 2.05) is 44.2 Å². The predicted molar refractivity (Wildman–Crippen MR) is 118 cm³/mol. The molecule has 2 aromatic rings. The van der Waals surface area contributed by atoms with Crippen LogP contribution in [0.1, 0.15) is 16.9 Å². The third-order valence-corrected chi connectivity index (χ3v) is 5.36. The van der Waals surface area contributed by atoms with E-state index < -0.39 is 0 Å². The van der Waals surface area contributed by atoms with Gasteiger partial charge in [0.25, 0.3) is 0 Å². The molecule has 7 heteroatoms. The van der Waals surface area contributed by atoms with Crippen LogP contribution < -0.4 is 5.32 Å². The summed E-state index contributed by atoms with van der Waals surface area (Å²) in [6.45, 7) is 6.88. The van der Waals surface area contributed by atoms with Gasteiger partial charge in [-0.3, -0.25) is 14.5 Å². The van der Waals surface area contributed by atoms with E-state index in [0.717, 1.165) is 20.6 Å². The molecule has 0 bridgehead atoms. The molecule has 148 valence electrons. The molecule has 0 spiro atoms. The Hall–Kier alpha value is -2.13. The van der Waals surface area contributed by atoms with Crippen molar-refractivity contribution in [3.63, 3.8) is 0 Å². The molecule has 1 aliphatic rings.